The summed E-state index contributed by atoms with van der Waals surface area (Å²) in [5.74, 6) is 0.739. The molecule has 2 aromatic heterocycles. The van der Waals surface area contributed by atoms with Crippen molar-refractivity contribution in [3.8, 4) is 11.3 Å². The molecule has 3 aromatic rings. The normalized spacial score (nSPS) is 19.0. The van der Waals surface area contributed by atoms with Crippen molar-refractivity contribution in [1.29, 1.82) is 0 Å². The van der Waals surface area contributed by atoms with Crippen molar-refractivity contribution in [3.63, 3.8) is 0 Å². The van der Waals surface area contributed by atoms with Gasteiger partial charge in [0.25, 0.3) is 0 Å². The maximum atomic E-state index is 13.4. The number of amides is 4. The molecule has 4 atom stereocenters. The van der Waals surface area contributed by atoms with Crippen molar-refractivity contribution in [3.05, 3.63) is 71.7 Å². The van der Waals surface area contributed by atoms with E-state index < -0.39 is 24.3 Å². The number of benzene rings is 1. The lowest BCUT2D eigenvalue weighted by molar-refractivity contribution is -0.136. The lowest BCUT2D eigenvalue weighted by Crippen LogP contribution is -2.51. The van der Waals surface area contributed by atoms with Crippen LogP contribution in [0.5, 0.6) is 0 Å². The van der Waals surface area contributed by atoms with Crippen molar-refractivity contribution in [1.82, 2.24) is 40.4 Å². The number of H-pyrrole nitrogens is 2. The van der Waals surface area contributed by atoms with Crippen LogP contribution in [0, 0.1) is 11.8 Å². The highest BCUT2D eigenvalue weighted by molar-refractivity contribution is 5.87. The number of carboxylic acid groups (broad SMARTS) is 1. The van der Waals surface area contributed by atoms with Crippen LogP contribution in [-0.2, 0) is 14.3 Å². The Morgan fingerprint density at radius 3 is 1.94 bits per heavy atom. The molecule has 5 N–H and O–H groups in total. The van der Waals surface area contributed by atoms with E-state index in [1.807, 2.05) is 76.3 Å². The molecule has 2 aliphatic heterocycles. The lowest BCUT2D eigenvalue weighted by atomic mass is 10.0. The van der Waals surface area contributed by atoms with E-state index in [4.69, 9.17) is 4.74 Å². The number of aromatic nitrogens is 4. The number of rotatable bonds is 12. The number of carbonyl (C=O) groups excluding carboxylic acids is 3. The number of carbonyl (C=O) groups is 4. The molecule has 0 radical (unpaired) electrons. The summed E-state index contributed by atoms with van der Waals surface area (Å²) in [6.07, 6.45) is 12.6. The first-order valence-corrected chi connectivity index (χ1v) is 17.5. The fourth-order valence-corrected chi connectivity index (χ4v) is 6.69. The van der Waals surface area contributed by atoms with Crippen molar-refractivity contribution in [2.45, 2.75) is 77.5 Å². The number of alkyl carbamates (subject to hydrolysis) is 1. The third-order valence-corrected chi connectivity index (χ3v) is 9.41. The predicted molar refractivity (Wildman–Crippen MR) is 192 cm³/mol. The van der Waals surface area contributed by atoms with Gasteiger partial charge in [-0.1, -0.05) is 70.2 Å². The van der Waals surface area contributed by atoms with E-state index in [0.717, 1.165) is 48.2 Å². The van der Waals surface area contributed by atoms with Crippen LogP contribution in [-0.4, -0.2) is 91.1 Å². The molecule has 5 rings (SSSR count). The molecule has 0 saturated carbocycles. The first-order valence-electron chi connectivity index (χ1n) is 17.5. The minimum Gasteiger partial charge on any atom is -0.465 e. The Kier molecular flexibility index (Phi) is 12.0. The SMILES string of the molecule is COC(=O)NC(C(=O)N1CCC[C@H]1c1ncc(C=CC=Cc2ccc(-c3cnc([C@@H]4CCCN4C(=O)C(NC(=O)O)C(C)C)[nH]3)cc2)[nH]1)C(C)C. The first kappa shape index (κ1) is 36.9. The number of ether oxygens (including phenoxy) is 1. The molecule has 2 aliphatic rings. The highest BCUT2D eigenvalue weighted by atomic mass is 16.5. The minimum absolute atomic E-state index is 0.101. The number of allylic oxidation sites excluding steroid dienone is 2. The Morgan fingerprint density at radius 1 is 0.824 bits per heavy atom. The van der Waals surface area contributed by atoms with Crippen LogP contribution in [0.3, 0.4) is 0 Å². The lowest BCUT2D eigenvalue weighted by Gasteiger charge is -2.29. The molecule has 1 aromatic carbocycles. The van der Waals surface area contributed by atoms with Crippen LogP contribution in [0.4, 0.5) is 9.59 Å². The van der Waals surface area contributed by atoms with Crippen molar-refractivity contribution in [2.24, 2.45) is 11.8 Å². The summed E-state index contributed by atoms with van der Waals surface area (Å²) in [6.45, 7) is 8.58. The van der Waals surface area contributed by atoms with Crippen molar-refractivity contribution >= 4 is 36.2 Å². The van der Waals surface area contributed by atoms with Gasteiger partial charge in [-0.2, -0.15) is 0 Å². The number of methoxy groups -OCH3 is 1. The Hall–Kier alpha value is -5.40. The van der Waals surface area contributed by atoms with Gasteiger partial charge in [0, 0.05) is 13.1 Å². The molecule has 4 amide bonds. The van der Waals surface area contributed by atoms with Gasteiger partial charge in [0.1, 0.15) is 23.7 Å². The summed E-state index contributed by atoms with van der Waals surface area (Å²) < 4.78 is 4.72. The highest BCUT2D eigenvalue weighted by Crippen LogP contribution is 2.33. The molecule has 2 fully saturated rings. The second-order valence-corrected chi connectivity index (χ2v) is 13.7. The van der Waals surface area contributed by atoms with Crippen LogP contribution in [0.25, 0.3) is 23.4 Å². The zero-order valence-electron chi connectivity index (χ0n) is 29.8. The van der Waals surface area contributed by atoms with Gasteiger partial charge in [0.15, 0.2) is 0 Å². The summed E-state index contributed by atoms with van der Waals surface area (Å²) in [5.41, 5.74) is 3.61. The Bertz CT molecular complexity index is 1740. The molecule has 0 bridgehead atoms. The van der Waals surface area contributed by atoms with Crippen LogP contribution in [0.1, 0.15) is 88.4 Å². The molecule has 2 unspecified atom stereocenters. The van der Waals surface area contributed by atoms with E-state index in [1.54, 1.807) is 22.2 Å². The molecular formula is C37H48N8O6. The van der Waals surface area contributed by atoms with Gasteiger partial charge in [0.2, 0.25) is 11.8 Å². The number of hydrogen-bond acceptors (Lipinski definition) is 7. The summed E-state index contributed by atoms with van der Waals surface area (Å²) >= 11 is 0. The third kappa shape index (κ3) is 8.86. The van der Waals surface area contributed by atoms with Gasteiger partial charge in [-0.3, -0.25) is 9.59 Å². The maximum Gasteiger partial charge on any atom is 0.407 e. The Morgan fingerprint density at radius 2 is 1.37 bits per heavy atom. The van der Waals surface area contributed by atoms with Gasteiger partial charge in [-0.25, -0.2) is 19.6 Å². The quantitative estimate of drug-likeness (QED) is 0.153. The summed E-state index contributed by atoms with van der Waals surface area (Å²) in [7, 11) is 1.28. The monoisotopic (exact) mass is 700 g/mol. The summed E-state index contributed by atoms with van der Waals surface area (Å²) in [5, 5.41) is 14.3. The van der Waals surface area contributed by atoms with Crippen molar-refractivity contribution < 1.29 is 29.0 Å². The van der Waals surface area contributed by atoms with Crippen LogP contribution in [0.15, 0.2) is 48.8 Å². The van der Waals surface area contributed by atoms with Gasteiger partial charge >= 0.3 is 12.2 Å². The van der Waals surface area contributed by atoms with E-state index >= 15 is 0 Å². The van der Waals surface area contributed by atoms with Crippen LogP contribution >= 0.6 is 0 Å². The van der Waals surface area contributed by atoms with Crippen LogP contribution in [0.2, 0.25) is 0 Å². The maximum absolute atomic E-state index is 13.4. The highest BCUT2D eigenvalue weighted by Gasteiger charge is 2.38. The second kappa shape index (κ2) is 16.5. The topological polar surface area (TPSA) is 186 Å². The van der Waals surface area contributed by atoms with Crippen LogP contribution < -0.4 is 10.6 Å². The van der Waals surface area contributed by atoms with E-state index in [-0.39, 0.29) is 35.7 Å². The van der Waals surface area contributed by atoms with E-state index in [0.29, 0.717) is 24.7 Å². The average molecular weight is 701 g/mol. The largest absolute Gasteiger partial charge is 0.465 e. The van der Waals surface area contributed by atoms with E-state index in [2.05, 4.69) is 30.6 Å². The number of nitrogens with one attached hydrogen (secondary N) is 4. The van der Waals surface area contributed by atoms with Gasteiger partial charge in [0.05, 0.1) is 43.0 Å². The predicted octanol–water partition coefficient (Wildman–Crippen LogP) is 5.53. The molecule has 14 heteroatoms. The molecular weight excluding hydrogens is 652 g/mol. The van der Waals surface area contributed by atoms with Crippen molar-refractivity contribution in [2.75, 3.05) is 20.2 Å². The van der Waals surface area contributed by atoms with Gasteiger partial charge in [-0.05, 0) is 54.7 Å². The molecule has 4 heterocycles. The third-order valence-electron chi connectivity index (χ3n) is 9.41. The zero-order valence-corrected chi connectivity index (χ0v) is 29.8. The van der Waals surface area contributed by atoms with E-state index in [9.17, 15) is 24.3 Å². The number of imidazole rings is 2. The fourth-order valence-electron chi connectivity index (χ4n) is 6.69. The zero-order chi connectivity index (χ0) is 36.7. The van der Waals surface area contributed by atoms with Gasteiger partial charge in [-0.15, -0.1) is 0 Å². The molecule has 0 aliphatic carbocycles. The Balaban J connectivity index is 1.18. The Labute approximate surface area is 297 Å². The molecule has 272 valence electrons. The second-order valence-electron chi connectivity index (χ2n) is 13.7. The fraction of sp³-hybridized carbons (Fsp3) is 0.459. The number of likely N-dealkylation sites (tertiary alicyclic amines) is 2. The van der Waals surface area contributed by atoms with Gasteiger partial charge < -0.3 is 40.2 Å². The molecule has 2 saturated heterocycles. The number of nitrogens with zero attached hydrogens (tertiary/aromatic N) is 4. The summed E-state index contributed by atoms with van der Waals surface area (Å²) in [6, 6.07) is 6.10. The van der Waals surface area contributed by atoms with E-state index in [1.165, 1.54) is 7.11 Å². The standard InChI is InChI=1S/C37H48N8O6/c1-22(2)30(42-36(48)49)34(46)45-19-9-13-29(45)33-39-21-27(41-33)25-16-14-24(15-17-25)10-6-7-11-26-20-38-32(40-26)28-12-8-18-44(28)35(47)31(23(3)4)43-37(50)51-5/h6-7,10-11,14-17,20-23,28-31,42H,8-9,12-13,18-19H2,1-5H3,(H,38,40)(H,39,41)(H,43,50)(H,48,49)/t28-,29-,30?,31?/m0/s1. The molecule has 0 spiro atoms. The number of aromatic amines is 2. The first-order chi connectivity index (χ1) is 24.5. The summed E-state index contributed by atoms with van der Waals surface area (Å²) in [4.78, 5) is 69.2. The molecule has 14 nitrogen and oxygen atoms in total. The minimum atomic E-state index is -1.21. The molecule has 51 heavy (non-hydrogen) atoms. The average Bonchev–Trinajstić information content (AvgIpc) is 3.93. The number of hydrogen-bond donors (Lipinski definition) is 5. The smallest absolute Gasteiger partial charge is 0.407 e.